The molecule has 0 spiro atoms. The van der Waals surface area contributed by atoms with Crippen LogP contribution in [0.5, 0.6) is 0 Å². The van der Waals surface area contributed by atoms with E-state index in [1.54, 1.807) is 6.07 Å². The largest absolute Gasteiger partial charge is 0.754 e. The van der Waals surface area contributed by atoms with E-state index in [1.807, 2.05) is 0 Å². The molecule has 1 fully saturated rings. The van der Waals surface area contributed by atoms with Gasteiger partial charge in [0, 0.05) is 13.1 Å². The molecule has 1 atom stereocenters. The Bertz CT molecular complexity index is 640. The van der Waals surface area contributed by atoms with Crippen molar-refractivity contribution in [2.24, 2.45) is 5.73 Å². The summed E-state index contributed by atoms with van der Waals surface area (Å²) in [5.74, 6) is -2.08. The molecule has 0 bridgehead atoms. The summed E-state index contributed by atoms with van der Waals surface area (Å²) in [5, 5.41) is 10.7. The molecule has 0 aromatic heterocycles. The number of amides is 1. The highest BCUT2D eigenvalue weighted by Crippen LogP contribution is 2.29. The third-order valence-corrected chi connectivity index (χ3v) is 3.89. The maximum atomic E-state index is 13.7. The zero-order chi connectivity index (χ0) is 15.6. The monoisotopic (exact) mass is 311 g/mol. The lowest BCUT2D eigenvalue weighted by Crippen LogP contribution is -2.42. The van der Waals surface area contributed by atoms with Gasteiger partial charge in [-0.05, 0) is 25.0 Å². The first-order valence-corrected chi connectivity index (χ1v) is 7.17. The average Bonchev–Trinajstić information content (AvgIpc) is 2.93. The smallest absolute Gasteiger partial charge is 0.253 e. The minimum atomic E-state index is -2.70. The van der Waals surface area contributed by atoms with Crippen LogP contribution in [0.2, 0.25) is 0 Å². The van der Waals surface area contributed by atoms with Gasteiger partial charge in [0.05, 0.1) is 28.1 Å². The number of anilines is 1. The van der Waals surface area contributed by atoms with Crippen LogP contribution in [0.15, 0.2) is 12.1 Å². The van der Waals surface area contributed by atoms with Crippen LogP contribution < -0.4 is 10.1 Å². The lowest BCUT2D eigenvalue weighted by molar-refractivity contribution is 0.0996. The van der Waals surface area contributed by atoms with Gasteiger partial charge in [0.2, 0.25) is 0 Å². The Labute approximate surface area is 123 Å². The van der Waals surface area contributed by atoms with E-state index in [2.05, 4.69) is 0 Å². The van der Waals surface area contributed by atoms with Gasteiger partial charge in [-0.15, -0.1) is 0 Å². The third-order valence-electron chi connectivity index (χ3n) is 3.18. The first kappa shape index (κ1) is 15.4. The number of rotatable bonds is 4. The van der Waals surface area contributed by atoms with Gasteiger partial charge in [0.25, 0.3) is 5.91 Å². The molecule has 1 amide bonds. The predicted octanol–water partition coefficient (Wildman–Crippen LogP) is 0.408. The van der Waals surface area contributed by atoms with Crippen molar-refractivity contribution in [2.75, 3.05) is 17.5 Å². The summed E-state index contributed by atoms with van der Waals surface area (Å²) in [6.07, 6.45) is 1.61. The van der Waals surface area contributed by atoms with E-state index in [4.69, 9.17) is 5.73 Å². The Balaban J connectivity index is 2.61. The summed E-state index contributed by atoms with van der Waals surface area (Å²) in [5.41, 5.74) is 4.00. The average molecular weight is 311 g/mol. The normalized spacial score (nSPS) is 16.4. The van der Waals surface area contributed by atoms with Crippen molar-refractivity contribution < 1.29 is 17.9 Å². The number of carbonyl (C=O) groups excluding carboxylic acids is 1. The van der Waals surface area contributed by atoms with Gasteiger partial charge < -0.3 is 10.3 Å². The van der Waals surface area contributed by atoms with Crippen LogP contribution in [0.25, 0.3) is 0 Å². The van der Waals surface area contributed by atoms with Crippen LogP contribution in [0, 0.1) is 17.1 Å². The summed E-state index contributed by atoms with van der Waals surface area (Å²) in [4.78, 5) is 11.3. The van der Waals surface area contributed by atoms with E-state index in [9.17, 15) is 23.2 Å². The molecule has 21 heavy (non-hydrogen) atoms. The van der Waals surface area contributed by atoms with Crippen LogP contribution >= 0.6 is 0 Å². The van der Waals surface area contributed by atoms with Gasteiger partial charge in [-0.25, -0.2) is 13.8 Å². The standard InChI is InChI=1S/C12H13FN4O3S/c13-9-3-4-10(8(7-14)11(9)12(15)18)17(21(19)20)16-5-1-2-6-16/h3-4H,1-2,5-6H2,(H2,15,18)(H,19,20)/p-1. The predicted molar refractivity (Wildman–Crippen MR) is 71.8 cm³/mol. The quantitative estimate of drug-likeness (QED) is 0.809. The topological polar surface area (TPSA) is 113 Å². The van der Waals surface area contributed by atoms with E-state index in [0.29, 0.717) is 13.1 Å². The Morgan fingerprint density at radius 1 is 1.48 bits per heavy atom. The Morgan fingerprint density at radius 3 is 2.57 bits per heavy atom. The molecule has 1 heterocycles. The molecule has 1 aromatic carbocycles. The lowest BCUT2D eigenvalue weighted by Gasteiger charge is -2.35. The molecular weight excluding hydrogens is 299 g/mol. The molecule has 112 valence electrons. The number of benzene rings is 1. The lowest BCUT2D eigenvalue weighted by atomic mass is 10.1. The van der Waals surface area contributed by atoms with Crippen molar-refractivity contribution in [1.29, 1.82) is 5.26 Å². The molecule has 1 aromatic rings. The number of hydrogen-bond donors (Lipinski definition) is 1. The van der Waals surface area contributed by atoms with Gasteiger partial charge in [-0.2, -0.15) is 5.26 Å². The molecular formula is C12H12FN4O3S-. The number of hydrogen-bond acceptors (Lipinski definition) is 5. The zero-order valence-electron chi connectivity index (χ0n) is 10.9. The molecule has 0 radical (unpaired) electrons. The first-order valence-electron chi connectivity index (χ1n) is 6.14. The Kier molecular flexibility index (Phi) is 4.52. The number of nitrogens with two attached hydrogens (primary N) is 1. The van der Waals surface area contributed by atoms with Gasteiger partial charge in [-0.1, -0.05) is 0 Å². The van der Waals surface area contributed by atoms with Crippen molar-refractivity contribution >= 4 is 22.9 Å². The van der Waals surface area contributed by atoms with Crippen molar-refractivity contribution in [3.63, 3.8) is 0 Å². The number of primary amides is 1. The number of nitriles is 1. The SMILES string of the molecule is N#Cc1c(N(N2CCCC2)S(=O)[O-])ccc(F)c1C(N)=O. The second-order valence-corrected chi connectivity index (χ2v) is 5.22. The highest BCUT2D eigenvalue weighted by Gasteiger charge is 2.27. The summed E-state index contributed by atoms with van der Waals surface area (Å²) < 4.78 is 37.5. The Morgan fingerprint density at radius 2 is 2.10 bits per heavy atom. The fraction of sp³-hybridized carbons (Fsp3) is 0.333. The van der Waals surface area contributed by atoms with Crippen LogP contribution in [0.1, 0.15) is 28.8 Å². The van der Waals surface area contributed by atoms with Crippen molar-refractivity contribution in [3.8, 4) is 6.07 Å². The van der Waals surface area contributed by atoms with E-state index in [1.165, 1.54) is 5.01 Å². The minimum Gasteiger partial charge on any atom is -0.754 e. The van der Waals surface area contributed by atoms with E-state index in [0.717, 1.165) is 29.4 Å². The molecule has 0 saturated carbocycles. The summed E-state index contributed by atoms with van der Waals surface area (Å²) in [6.45, 7) is 0.976. The number of carbonyl (C=O) groups is 1. The fourth-order valence-corrected chi connectivity index (χ4v) is 2.95. The number of hydrazine groups is 1. The molecule has 2 rings (SSSR count). The second-order valence-electron chi connectivity index (χ2n) is 4.44. The highest BCUT2D eigenvalue weighted by atomic mass is 32.2. The maximum Gasteiger partial charge on any atom is 0.253 e. The second kappa shape index (κ2) is 6.17. The van der Waals surface area contributed by atoms with E-state index in [-0.39, 0.29) is 5.69 Å². The highest BCUT2D eigenvalue weighted by molar-refractivity contribution is 7.80. The molecule has 1 unspecified atom stereocenters. The molecule has 1 aliphatic heterocycles. The van der Waals surface area contributed by atoms with Crippen LogP contribution in [0.4, 0.5) is 10.1 Å². The van der Waals surface area contributed by atoms with Crippen molar-refractivity contribution in [1.82, 2.24) is 5.01 Å². The molecule has 7 nitrogen and oxygen atoms in total. The minimum absolute atomic E-state index is 0.0806. The van der Waals surface area contributed by atoms with Gasteiger partial charge in [0.15, 0.2) is 0 Å². The maximum absolute atomic E-state index is 13.7. The molecule has 9 heteroatoms. The van der Waals surface area contributed by atoms with Crippen molar-refractivity contribution in [3.05, 3.63) is 29.1 Å². The number of nitrogens with zero attached hydrogens (tertiary/aromatic N) is 3. The Hall–Kier alpha value is -2.02. The molecule has 2 N–H and O–H groups in total. The third kappa shape index (κ3) is 2.87. The van der Waals surface area contributed by atoms with Gasteiger partial charge in [-0.3, -0.25) is 9.00 Å². The van der Waals surface area contributed by atoms with Crippen LogP contribution in [-0.2, 0) is 11.3 Å². The van der Waals surface area contributed by atoms with E-state index < -0.39 is 34.1 Å². The molecule has 1 saturated heterocycles. The van der Waals surface area contributed by atoms with Crippen LogP contribution in [-0.4, -0.2) is 32.8 Å². The van der Waals surface area contributed by atoms with Crippen molar-refractivity contribution in [2.45, 2.75) is 12.8 Å². The summed E-state index contributed by atoms with van der Waals surface area (Å²) in [6, 6.07) is 3.73. The zero-order valence-corrected chi connectivity index (χ0v) is 11.7. The number of halogens is 1. The first-order chi connectivity index (χ1) is 9.97. The summed E-state index contributed by atoms with van der Waals surface area (Å²) in [7, 11) is 0. The molecule has 1 aliphatic rings. The molecule has 0 aliphatic carbocycles. The van der Waals surface area contributed by atoms with Gasteiger partial charge in [0.1, 0.15) is 11.9 Å². The van der Waals surface area contributed by atoms with E-state index >= 15 is 0 Å². The summed E-state index contributed by atoms with van der Waals surface area (Å²) >= 11 is -2.70. The fourth-order valence-electron chi connectivity index (χ4n) is 2.29. The van der Waals surface area contributed by atoms with Crippen LogP contribution in [0.3, 0.4) is 0 Å². The van der Waals surface area contributed by atoms with Gasteiger partial charge >= 0.3 is 0 Å².